The van der Waals surface area contributed by atoms with Crippen LogP contribution in [0, 0.1) is 0 Å². The van der Waals surface area contributed by atoms with Crippen LogP contribution in [0.5, 0.6) is 0 Å². The molecule has 0 saturated heterocycles. The van der Waals surface area contributed by atoms with E-state index in [4.69, 9.17) is 11.6 Å². The van der Waals surface area contributed by atoms with Crippen molar-refractivity contribution in [3.05, 3.63) is 77.1 Å². The molecule has 0 aliphatic rings. The van der Waals surface area contributed by atoms with Gasteiger partial charge in [0.25, 0.3) is 5.91 Å². The number of aromatic nitrogens is 2. The number of benzene rings is 1. The van der Waals surface area contributed by atoms with Crippen molar-refractivity contribution in [2.75, 3.05) is 5.32 Å². The Balaban J connectivity index is 1.73. The summed E-state index contributed by atoms with van der Waals surface area (Å²) in [5, 5.41) is 2.93. The van der Waals surface area contributed by atoms with E-state index in [-0.39, 0.29) is 5.82 Å². The van der Waals surface area contributed by atoms with Gasteiger partial charge in [0.05, 0.1) is 16.3 Å². The summed E-state index contributed by atoms with van der Waals surface area (Å²) < 4.78 is 37.5. The van der Waals surface area contributed by atoms with E-state index in [1.165, 1.54) is 0 Å². The molecule has 0 radical (unpaired) electrons. The molecule has 26 heavy (non-hydrogen) atoms. The molecular formula is C18H11ClF3N3O. The van der Waals surface area contributed by atoms with E-state index in [9.17, 15) is 18.0 Å². The van der Waals surface area contributed by atoms with Gasteiger partial charge in [0.15, 0.2) is 0 Å². The number of amides is 1. The molecule has 0 unspecified atom stereocenters. The summed E-state index contributed by atoms with van der Waals surface area (Å²) in [4.78, 5) is 20.0. The Morgan fingerprint density at radius 1 is 1.00 bits per heavy atom. The third kappa shape index (κ3) is 4.00. The van der Waals surface area contributed by atoms with E-state index in [0.717, 1.165) is 17.7 Å². The highest BCUT2D eigenvalue weighted by atomic mass is 35.5. The molecule has 2 heterocycles. The number of rotatable bonds is 3. The Kier molecular flexibility index (Phi) is 4.90. The number of alkyl halides is 3. The van der Waals surface area contributed by atoms with Crippen molar-refractivity contribution >= 4 is 23.3 Å². The van der Waals surface area contributed by atoms with Crippen LogP contribution in [0.3, 0.4) is 0 Å². The third-order valence-electron chi connectivity index (χ3n) is 3.51. The van der Waals surface area contributed by atoms with E-state index >= 15 is 0 Å². The van der Waals surface area contributed by atoms with Crippen LogP contribution in [-0.4, -0.2) is 15.9 Å². The molecule has 0 aliphatic carbocycles. The lowest BCUT2D eigenvalue weighted by atomic mass is 10.1. The van der Waals surface area contributed by atoms with Crippen molar-refractivity contribution < 1.29 is 18.0 Å². The molecule has 3 rings (SSSR count). The zero-order valence-corrected chi connectivity index (χ0v) is 13.8. The van der Waals surface area contributed by atoms with Gasteiger partial charge in [-0.25, -0.2) is 4.98 Å². The van der Waals surface area contributed by atoms with Crippen LogP contribution in [0.1, 0.15) is 15.9 Å². The van der Waals surface area contributed by atoms with E-state index in [1.54, 1.807) is 42.6 Å². The molecule has 0 spiro atoms. The lowest BCUT2D eigenvalue weighted by Gasteiger charge is -2.08. The van der Waals surface area contributed by atoms with E-state index in [1.807, 2.05) is 0 Å². The fourth-order valence-electron chi connectivity index (χ4n) is 2.20. The van der Waals surface area contributed by atoms with Gasteiger partial charge in [-0.05, 0) is 36.4 Å². The zero-order valence-electron chi connectivity index (χ0n) is 13.1. The molecule has 0 bridgehead atoms. The van der Waals surface area contributed by atoms with Crippen LogP contribution >= 0.6 is 11.6 Å². The second kappa shape index (κ2) is 7.13. The van der Waals surface area contributed by atoms with Gasteiger partial charge in [-0.1, -0.05) is 23.7 Å². The molecule has 2 aromatic heterocycles. The fourth-order valence-corrected chi connectivity index (χ4v) is 2.43. The smallest absolute Gasteiger partial charge is 0.307 e. The highest BCUT2D eigenvalue weighted by molar-refractivity contribution is 6.33. The average Bonchev–Trinajstić information content (AvgIpc) is 2.62. The average molecular weight is 378 g/mol. The fraction of sp³-hybridized carbons (Fsp3) is 0.0556. The second-order valence-corrected chi connectivity index (χ2v) is 5.70. The Labute approximate surface area is 151 Å². The zero-order chi connectivity index (χ0) is 18.7. The lowest BCUT2D eigenvalue weighted by molar-refractivity contribution is -0.137. The minimum absolute atomic E-state index is 0.0276. The second-order valence-electron chi connectivity index (χ2n) is 5.30. The standard InChI is InChI=1S/C18H11ClF3N3O/c19-14-2-1-9-23-16(14)11-3-5-12(6-4-11)17(26)25-15-8-7-13(10-24-15)18(20,21)22/h1-10H,(H,24,25,26). The SMILES string of the molecule is O=C(Nc1ccc(C(F)(F)F)cn1)c1ccc(-c2ncccc2Cl)cc1. The largest absolute Gasteiger partial charge is 0.417 e. The molecule has 0 fully saturated rings. The summed E-state index contributed by atoms with van der Waals surface area (Å²) in [6.45, 7) is 0. The summed E-state index contributed by atoms with van der Waals surface area (Å²) in [6.07, 6.45) is -2.20. The Morgan fingerprint density at radius 2 is 1.73 bits per heavy atom. The number of nitrogens with one attached hydrogen (secondary N) is 1. The van der Waals surface area contributed by atoms with Crippen molar-refractivity contribution in [2.24, 2.45) is 0 Å². The summed E-state index contributed by atoms with van der Waals surface area (Å²) >= 11 is 6.08. The molecular weight excluding hydrogens is 367 g/mol. The molecule has 0 aliphatic heterocycles. The monoisotopic (exact) mass is 377 g/mol. The maximum Gasteiger partial charge on any atom is 0.417 e. The molecule has 1 aromatic carbocycles. The van der Waals surface area contributed by atoms with Gasteiger partial charge in [0.1, 0.15) is 5.82 Å². The minimum atomic E-state index is -4.47. The van der Waals surface area contributed by atoms with Crippen LogP contribution in [0.4, 0.5) is 19.0 Å². The summed E-state index contributed by atoms with van der Waals surface area (Å²) in [5.74, 6) is -0.462. The van der Waals surface area contributed by atoms with E-state index < -0.39 is 17.6 Å². The number of nitrogens with zero attached hydrogens (tertiary/aromatic N) is 2. The first kappa shape index (κ1) is 17.9. The molecule has 0 atom stereocenters. The van der Waals surface area contributed by atoms with Crippen molar-refractivity contribution in [1.82, 2.24) is 9.97 Å². The first-order valence-corrected chi connectivity index (χ1v) is 7.78. The van der Waals surface area contributed by atoms with Crippen LogP contribution in [0.2, 0.25) is 5.02 Å². The molecule has 1 amide bonds. The molecule has 1 N–H and O–H groups in total. The van der Waals surface area contributed by atoms with Gasteiger partial charge in [-0.2, -0.15) is 13.2 Å². The topological polar surface area (TPSA) is 54.9 Å². The number of hydrogen-bond donors (Lipinski definition) is 1. The first-order chi connectivity index (χ1) is 12.3. The molecule has 8 heteroatoms. The number of carbonyl (C=O) groups is 1. The van der Waals surface area contributed by atoms with Crippen molar-refractivity contribution in [3.63, 3.8) is 0 Å². The first-order valence-electron chi connectivity index (χ1n) is 7.40. The number of carbonyl (C=O) groups excluding carboxylic acids is 1. The maximum absolute atomic E-state index is 12.5. The van der Waals surface area contributed by atoms with Gasteiger partial charge >= 0.3 is 6.18 Å². The quantitative estimate of drug-likeness (QED) is 0.693. The number of halogens is 4. The van der Waals surface area contributed by atoms with Crippen LogP contribution in [-0.2, 0) is 6.18 Å². The minimum Gasteiger partial charge on any atom is -0.307 e. The van der Waals surface area contributed by atoms with Crippen LogP contribution in [0.15, 0.2) is 60.9 Å². The molecule has 0 saturated carbocycles. The van der Waals surface area contributed by atoms with Gasteiger partial charge in [0, 0.05) is 23.5 Å². The lowest BCUT2D eigenvalue weighted by Crippen LogP contribution is -2.13. The Bertz CT molecular complexity index is 926. The summed E-state index contributed by atoms with van der Waals surface area (Å²) in [6, 6.07) is 11.9. The molecule has 132 valence electrons. The normalized spacial score (nSPS) is 11.2. The number of hydrogen-bond acceptors (Lipinski definition) is 3. The van der Waals surface area contributed by atoms with Gasteiger partial charge < -0.3 is 5.32 Å². The third-order valence-corrected chi connectivity index (χ3v) is 3.82. The van der Waals surface area contributed by atoms with Crippen molar-refractivity contribution in [1.29, 1.82) is 0 Å². The van der Waals surface area contributed by atoms with Crippen molar-refractivity contribution in [3.8, 4) is 11.3 Å². The highest BCUT2D eigenvalue weighted by Gasteiger charge is 2.30. The molecule has 4 nitrogen and oxygen atoms in total. The highest BCUT2D eigenvalue weighted by Crippen LogP contribution is 2.29. The van der Waals surface area contributed by atoms with Crippen LogP contribution < -0.4 is 5.32 Å². The Hall–Kier alpha value is -2.93. The predicted octanol–water partition coefficient (Wildman–Crippen LogP) is 5.07. The number of pyridine rings is 2. The predicted molar refractivity (Wildman–Crippen MR) is 91.9 cm³/mol. The van der Waals surface area contributed by atoms with Gasteiger partial charge in [-0.15, -0.1) is 0 Å². The molecule has 3 aromatic rings. The van der Waals surface area contributed by atoms with E-state index in [0.29, 0.717) is 22.5 Å². The summed E-state index contributed by atoms with van der Waals surface area (Å²) in [7, 11) is 0. The maximum atomic E-state index is 12.5. The van der Waals surface area contributed by atoms with E-state index in [2.05, 4.69) is 15.3 Å². The van der Waals surface area contributed by atoms with Gasteiger partial charge in [-0.3, -0.25) is 9.78 Å². The van der Waals surface area contributed by atoms with Gasteiger partial charge in [0.2, 0.25) is 0 Å². The van der Waals surface area contributed by atoms with Crippen molar-refractivity contribution in [2.45, 2.75) is 6.18 Å². The van der Waals surface area contributed by atoms with Crippen LogP contribution in [0.25, 0.3) is 11.3 Å². The summed E-state index contributed by atoms with van der Waals surface area (Å²) in [5.41, 5.74) is 0.764. The number of anilines is 1. The Morgan fingerprint density at radius 3 is 2.31 bits per heavy atom.